The number of nitrogens with one attached hydrogen (secondary N) is 1. The fourth-order valence-corrected chi connectivity index (χ4v) is 4.61. The third-order valence-electron chi connectivity index (χ3n) is 4.59. The quantitative estimate of drug-likeness (QED) is 0.690. The van der Waals surface area contributed by atoms with Crippen LogP contribution in [0, 0.1) is 0 Å². The molecule has 1 N–H and O–H groups in total. The Hall–Kier alpha value is -2.95. The minimum atomic E-state index is -3.89. The van der Waals surface area contributed by atoms with E-state index in [9.17, 15) is 18.0 Å². The molecular formula is C20H22N2O7S. The summed E-state index contributed by atoms with van der Waals surface area (Å²) in [5, 5.41) is 2.63. The Bertz CT molecular complexity index is 1050. The van der Waals surface area contributed by atoms with E-state index in [1.165, 1.54) is 42.8 Å². The number of nitrogens with zero attached hydrogens (tertiary/aromatic N) is 1. The summed E-state index contributed by atoms with van der Waals surface area (Å²) in [6.45, 7) is 1.03. The number of amides is 1. The van der Waals surface area contributed by atoms with Crippen LogP contribution in [0.3, 0.4) is 0 Å². The van der Waals surface area contributed by atoms with Crippen LogP contribution >= 0.6 is 0 Å². The number of methoxy groups -OCH3 is 2. The number of sulfonamides is 1. The van der Waals surface area contributed by atoms with Crippen LogP contribution in [-0.4, -0.2) is 65.1 Å². The van der Waals surface area contributed by atoms with Crippen LogP contribution in [-0.2, 0) is 19.5 Å². The lowest BCUT2D eigenvalue weighted by Gasteiger charge is -2.26. The van der Waals surface area contributed by atoms with Gasteiger partial charge in [-0.15, -0.1) is 0 Å². The second-order valence-corrected chi connectivity index (χ2v) is 8.28. The Morgan fingerprint density at radius 2 is 1.77 bits per heavy atom. The molecule has 0 bridgehead atoms. The Balaban J connectivity index is 1.93. The molecule has 3 rings (SSSR count). The number of ether oxygens (including phenoxy) is 3. The summed E-state index contributed by atoms with van der Waals surface area (Å²) in [6.07, 6.45) is 0. The number of hydrogen-bond donors (Lipinski definition) is 1. The number of rotatable bonds is 6. The van der Waals surface area contributed by atoms with E-state index in [2.05, 4.69) is 5.32 Å². The molecule has 0 aliphatic carbocycles. The van der Waals surface area contributed by atoms with E-state index in [-0.39, 0.29) is 40.5 Å². The van der Waals surface area contributed by atoms with E-state index >= 15 is 0 Å². The lowest BCUT2D eigenvalue weighted by atomic mass is 10.1. The van der Waals surface area contributed by atoms with Crippen molar-refractivity contribution in [3.63, 3.8) is 0 Å². The van der Waals surface area contributed by atoms with E-state index in [4.69, 9.17) is 14.2 Å². The van der Waals surface area contributed by atoms with Gasteiger partial charge in [0.15, 0.2) is 0 Å². The summed E-state index contributed by atoms with van der Waals surface area (Å²) < 4.78 is 42.6. The van der Waals surface area contributed by atoms with Gasteiger partial charge in [0.25, 0.3) is 5.91 Å². The van der Waals surface area contributed by atoms with Crippen LogP contribution < -0.4 is 10.1 Å². The van der Waals surface area contributed by atoms with Gasteiger partial charge in [-0.25, -0.2) is 13.2 Å². The molecule has 9 nitrogen and oxygen atoms in total. The third kappa shape index (κ3) is 4.45. The summed E-state index contributed by atoms with van der Waals surface area (Å²) in [7, 11) is -1.28. The maximum atomic E-state index is 13.1. The van der Waals surface area contributed by atoms with Crippen molar-refractivity contribution in [2.75, 3.05) is 45.8 Å². The lowest BCUT2D eigenvalue weighted by Crippen LogP contribution is -2.40. The molecule has 0 radical (unpaired) electrons. The molecule has 30 heavy (non-hydrogen) atoms. The number of hydrogen-bond acceptors (Lipinski definition) is 7. The summed E-state index contributed by atoms with van der Waals surface area (Å²) >= 11 is 0. The first-order valence-electron chi connectivity index (χ1n) is 9.13. The third-order valence-corrected chi connectivity index (χ3v) is 6.51. The van der Waals surface area contributed by atoms with Gasteiger partial charge in [0.1, 0.15) is 10.6 Å². The van der Waals surface area contributed by atoms with Gasteiger partial charge < -0.3 is 19.5 Å². The van der Waals surface area contributed by atoms with E-state index in [0.717, 1.165) is 0 Å². The Labute approximate surface area is 174 Å². The second-order valence-electron chi connectivity index (χ2n) is 6.37. The number of benzene rings is 2. The molecule has 1 fully saturated rings. The summed E-state index contributed by atoms with van der Waals surface area (Å²) in [5.74, 6) is -1.04. The Kier molecular flexibility index (Phi) is 6.70. The van der Waals surface area contributed by atoms with Gasteiger partial charge in [0.05, 0.1) is 38.7 Å². The molecule has 0 unspecified atom stereocenters. The zero-order chi connectivity index (χ0) is 21.7. The maximum Gasteiger partial charge on any atom is 0.339 e. The minimum absolute atomic E-state index is 0.0994. The van der Waals surface area contributed by atoms with Gasteiger partial charge in [-0.1, -0.05) is 12.1 Å². The van der Waals surface area contributed by atoms with Crippen molar-refractivity contribution in [2.24, 2.45) is 0 Å². The first kappa shape index (κ1) is 21.8. The minimum Gasteiger partial charge on any atom is -0.495 e. The van der Waals surface area contributed by atoms with Crippen molar-refractivity contribution in [1.29, 1.82) is 0 Å². The highest BCUT2D eigenvalue weighted by atomic mass is 32.2. The second kappa shape index (κ2) is 9.24. The van der Waals surface area contributed by atoms with Crippen molar-refractivity contribution in [3.05, 3.63) is 53.6 Å². The molecule has 2 aromatic rings. The molecule has 1 aliphatic rings. The van der Waals surface area contributed by atoms with Gasteiger partial charge in [0, 0.05) is 18.7 Å². The zero-order valence-corrected chi connectivity index (χ0v) is 17.4. The number of carbonyl (C=O) groups excluding carboxylic acids is 2. The van der Waals surface area contributed by atoms with Gasteiger partial charge in [-0.3, -0.25) is 4.79 Å². The van der Waals surface area contributed by atoms with Crippen LogP contribution in [0.5, 0.6) is 5.75 Å². The van der Waals surface area contributed by atoms with Crippen molar-refractivity contribution in [3.8, 4) is 5.75 Å². The topological polar surface area (TPSA) is 111 Å². The summed E-state index contributed by atoms with van der Waals surface area (Å²) in [4.78, 5) is 24.6. The molecule has 0 saturated carbocycles. The molecule has 1 saturated heterocycles. The Morgan fingerprint density at radius 1 is 1.07 bits per heavy atom. The van der Waals surface area contributed by atoms with Crippen LogP contribution in [0.25, 0.3) is 0 Å². The molecule has 2 aromatic carbocycles. The molecule has 0 spiro atoms. The lowest BCUT2D eigenvalue weighted by molar-refractivity contribution is 0.0602. The zero-order valence-electron chi connectivity index (χ0n) is 16.6. The SMILES string of the molecule is COC(=O)c1ccccc1NC(=O)c1ccc(OC)c(S(=O)(=O)N2CCOCC2)c1. The Morgan fingerprint density at radius 3 is 2.43 bits per heavy atom. The highest BCUT2D eigenvalue weighted by molar-refractivity contribution is 7.89. The summed E-state index contributed by atoms with van der Waals surface area (Å²) in [6, 6.07) is 10.5. The predicted octanol–water partition coefficient (Wildman–Crippen LogP) is 1.75. The van der Waals surface area contributed by atoms with Crippen molar-refractivity contribution < 1.29 is 32.2 Å². The van der Waals surface area contributed by atoms with Crippen molar-refractivity contribution >= 4 is 27.6 Å². The number of esters is 1. The first-order chi connectivity index (χ1) is 14.4. The monoisotopic (exact) mass is 434 g/mol. The highest BCUT2D eigenvalue weighted by Crippen LogP contribution is 2.29. The molecule has 160 valence electrons. The smallest absolute Gasteiger partial charge is 0.339 e. The largest absolute Gasteiger partial charge is 0.495 e. The fourth-order valence-electron chi connectivity index (χ4n) is 3.02. The van der Waals surface area contributed by atoms with Crippen molar-refractivity contribution in [2.45, 2.75) is 4.90 Å². The first-order valence-corrected chi connectivity index (χ1v) is 10.6. The maximum absolute atomic E-state index is 13.1. The fraction of sp³-hybridized carbons (Fsp3) is 0.300. The van der Waals surface area contributed by atoms with Gasteiger partial charge in [0.2, 0.25) is 10.0 Å². The molecule has 0 aromatic heterocycles. The standard InChI is InChI=1S/C20H22N2O7S/c1-27-17-8-7-14(13-18(17)30(25,26)22-9-11-29-12-10-22)19(23)21-16-6-4-3-5-15(16)20(24)28-2/h3-8,13H,9-12H2,1-2H3,(H,21,23). The van der Waals surface area contributed by atoms with Crippen LogP contribution in [0.15, 0.2) is 47.4 Å². The highest BCUT2D eigenvalue weighted by Gasteiger charge is 2.30. The number of morpholine rings is 1. The van der Waals surface area contributed by atoms with Gasteiger partial charge >= 0.3 is 5.97 Å². The normalized spacial score (nSPS) is 14.7. The molecular weight excluding hydrogens is 412 g/mol. The van der Waals surface area contributed by atoms with E-state index in [0.29, 0.717) is 13.2 Å². The van der Waals surface area contributed by atoms with E-state index < -0.39 is 21.9 Å². The van der Waals surface area contributed by atoms with Crippen LogP contribution in [0.4, 0.5) is 5.69 Å². The average Bonchev–Trinajstić information content (AvgIpc) is 2.79. The molecule has 0 atom stereocenters. The van der Waals surface area contributed by atoms with Crippen LogP contribution in [0.2, 0.25) is 0 Å². The average molecular weight is 434 g/mol. The predicted molar refractivity (Wildman–Crippen MR) is 108 cm³/mol. The molecule has 10 heteroatoms. The van der Waals surface area contributed by atoms with E-state index in [1.54, 1.807) is 18.2 Å². The number of carbonyl (C=O) groups is 2. The van der Waals surface area contributed by atoms with Crippen LogP contribution in [0.1, 0.15) is 20.7 Å². The molecule has 1 amide bonds. The summed E-state index contributed by atoms with van der Waals surface area (Å²) in [5.41, 5.74) is 0.535. The molecule has 1 heterocycles. The number of para-hydroxylation sites is 1. The molecule has 1 aliphatic heterocycles. The van der Waals surface area contributed by atoms with Gasteiger partial charge in [-0.05, 0) is 30.3 Å². The number of anilines is 1. The van der Waals surface area contributed by atoms with Crippen molar-refractivity contribution in [1.82, 2.24) is 4.31 Å². The van der Waals surface area contributed by atoms with Gasteiger partial charge in [-0.2, -0.15) is 4.31 Å². The van der Waals surface area contributed by atoms with E-state index in [1.807, 2.05) is 0 Å².